The number of aliphatic hydroxyl groups excluding tert-OH is 1. The SMILES string of the molecule is C=CCOc1ccc(C2/C(=C(\O)c3cc(C)ccc3C)C(=O)C(=O)N2c2nc(C)c(C(=O)OC)s2)cc1. The summed E-state index contributed by atoms with van der Waals surface area (Å²) in [7, 11) is 1.26. The molecule has 8 nitrogen and oxygen atoms in total. The molecule has 4 rings (SSSR count). The van der Waals surface area contributed by atoms with Crippen molar-refractivity contribution in [3.05, 3.63) is 93.5 Å². The van der Waals surface area contributed by atoms with E-state index in [0.29, 0.717) is 29.2 Å². The number of thiazole rings is 1. The molecule has 0 aliphatic carbocycles. The lowest BCUT2D eigenvalue weighted by Crippen LogP contribution is -2.29. The number of aryl methyl sites for hydroxylation is 3. The van der Waals surface area contributed by atoms with Crippen LogP contribution in [0.15, 0.2) is 60.7 Å². The molecule has 1 fully saturated rings. The molecule has 9 heteroatoms. The van der Waals surface area contributed by atoms with Crippen LogP contribution < -0.4 is 9.64 Å². The van der Waals surface area contributed by atoms with Crippen LogP contribution in [0, 0.1) is 20.8 Å². The van der Waals surface area contributed by atoms with E-state index in [2.05, 4.69) is 11.6 Å². The van der Waals surface area contributed by atoms with Gasteiger partial charge in [-0.2, -0.15) is 0 Å². The summed E-state index contributed by atoms with van der Waals surface area (Å²) in [4.78, 5) is 44.9. The Kier molecular flexibility index (Phi) is 7.26. The molecule has 0 spiro atoms. The van der Waals surface area contributed by atoms with Crippen molar-refractivity contribution >= 4 is 39.9 Å². The van der Waals surface area contributed by atoms with Crippen molar-refractivity contribution in [1.29, 1.82) is 0 Å². The first-order valence-corrected chi connectivity index (χ1v) is 12.3. The number of benzene rings is 2. The van der Waals surface area contributed by atoms with Crippen LogP contribution in [0.3, 0.4) is 0 Å². The normalized spacial score (nSPS) is 16.6. The molecule has 2 aromatic carbocycles. The van der Waals surface area contributed by atoms with Crippen LogP contribution in [0.1, 0.15) is 43.7 Å². The smallest absolute Gasteiger partial charge is 0.350 e. The fraction of sp³-hybridized carbons (Fsp3) is 0.214. The van der Waals surface area contributed by atoms with Crippen molar-refractivity contribution in [2.24, 2.45) is 0 Å². The number of nitrogens with zero attached hydrogens (tertiary/aromatic N) is 2. The third-order valence-corrected chi connectivity index (χ3v) is 7.16. The Balaban J connectivity index is 1.92. The Bertz CT molecular complexity index is 1440. The molecule has 190 valence electrons. The highest BCUT2D eigenvalue weighted by molar-refractivity contribution is 7.17. The molecular formula is C28H26N2O6S. The molecule has 1 saturated heterocycles. The fourth-order valence-corrected chi connectivity index (χ4v) is 5.16. The van der Waals surface area contributed by atoms with Crippen LogP contribution >= 0.6 is 11.3 Å². The number of ketones is 1. The molecule has 1 amide bonds. The predicted octanol–water partition coefficient (Wildman–Crippen LogP) is 5.05. The first-order valence-electron chi connectivity index (χ1n) is 11.5. The average Bonchev–Trinajstić information content (AvgIpc) is 3.40. The largest absolute Gasteiger partial charge is 0.507 e. The quantitative estimate of drug-likeness (QED) is 0.153. The van der Waals surface area contributed by atoms with Gasteiger partial charge in [0.05, 0.1) is 24.4 Å². The van der Waals surface area contributed by atoms with Gasteiger partial charge in [-0.1, -0.05) is 53.8 Å². The number of carbonyl (C=O) groups excluding carboxylic acids is 3. The Hall–Kier alpha value is -4.24. The number of esters is 1. The van der Waals surface area contributed by atoms with Crippen molar-refractivity contribution in [2.75, 3.05) is 18.6 Å². The van der Waals surface area contributed by atoms with Gasteiger partial charge in [-0.25, -0.2) is 9.78 Å². The monoisotopic (exact) mass is 518 g/mol. The summed E-state index contributed by atoms with van der Waals surface area (Å²) in [5.41, 5.74) is 2.96. The van der Waals surface area contributed by atoms with E-state index < -0.39 is 23.7 Å². The van der Waals surface area contributed by atoms with Gasteiger partial charge in [0.15, 0.2) is 5.13 Å². The number of carbonyl (C=O) groups is 3. The Morgan fingerprint density at radius 3 is 2.51 bits per heavy atom. The zero-order valence-electron chi connectivity index (χ0n) is 20.9. The molecule has 1 N–H and O–H groups in total. The predicted molar refractivity (Wildman–Crippen MR) is 141 cm³/mol. The number of hydrogen-bond acceptors (Lipinski definition) is 8. The lowest BCUT2D eigenvalue weighted by atomic mass is 9.93. The molecule has 1 unspecified atom stereocenters. The highest BCUT2D eigenvalue weighted by Crippen LogP contribution is 2.44. The van der Waals surface area contributed by atoms with E-state index in [1.807, 2.05) is 26.0 Å². The molecule has 0 radical (unpaired) electrons. The average molecular weight is 519 g/mol. The maximum atomic E-state index is 13.4. The van der Waals surface area contributed by atoms with Gasteiger partial charge in [0.25, 0.3) is 5.78 Å². The Morgan fingerprint density at radius 1 is 1.16 bits per heavy atom. The minimum Gasteiger partial charge on any atom is -0.507 e. The van der Waals surface area contributed by atoms with Crippen molar-refractivity contribution in [1.82, 2.24) is 4.98 Å². The molecule has 0 saturated carbocycles. The number of methoxy groups -OCH3 is 1. The summed E-state index contributed by atoms with van der Waals surface area (Å²) in [6, 6.07) is 11.4. The van der Waals surface area contributed by atoms with E-state index in [9.17, 15) is 19.5 Å². The summed E-state index contributed by atoms with van der Waals surface area (Å²) in [6.45, 7) is 9.27. The van der Waals surface area contributed by atoms with Crippen LogP contribution in [0.4, 0.5) is 5.13 Å². The van der Waals surface area contributed by atoms with Gasteiger partial charge in [0.1, 0.15) is 23.0 Å². The number of Topliss-reactive ketones (excluding diaryl/α,β-unsaturated/α-hetero) is 1. The summed E-state index contributed by atoms with van der Waals surface area (Å²) < 4.78 is 10.4. The lowest BCUT2D eigenvalue weighted by molar-refractivity contribution is -0.132. The topological polar surface area (TPSA) is 106 Å². The zero-order valence-corrected chi connectivity index (χ0v) is 21.7. The highest BCUT2D eigenvalue weighted by Gasteiger charge is 2.48. The van der Waals surface area contributed by atoms with Gasteiger partial charge >= 0.3 is 11.9 Å². The van der Waals surface area contributed by atoms with Crippen molar-refractivity contribution in [3.8, 4) is 5.75 Å². The van der Waals surface area contributed by atoms with E-state index >= 15 is 0 Å². The molecule has 1 atom stereocenters. The van der Waals surface area contributed by atoms with Crippen LogP contribution in [0.25, 0.3) is 5.76 Å². The summed E-state index contributed by atoms with van der Waals surface area (Å²) >= 11 is 0.950. The molecule has 3 aromatic rings. The van der Waals surface area contributed by atoms with E-state index in [4.69, 9.17) is 9.47 Å². The lowest BCUT2D eigenvalue weighted by Gasteiger charge is -2.23. The number of aromatic nitrogens is 1. The molecule has 0 bridgehead atoms. The summed E-state index contributed by atoms with van der Waals surface area (Å²) in [5, 5.41) is 11.6. The van der Waals surface area contributed by atoms with Crippen molar-refractivity contribution < 1.29 is 29.0 Å². The number of rotatable bonds is 7. The van der Waals surface area contributed by atoms with E-state index in [0.717, 1.165) is 22.5 Å². The molecule has 1 aliphatic heterocycles. The van der Waals surface area contributed by atoms with Gasteiger partial charge in [-0.15, -0.1) is 0 Å². The first-order chi connectivity index (χ1) is 17.7. The first kappa shape index (κ1) is 25.8. The maximum Gasteiger partial charge on any atom is 0.350 e. The zero-order chi connectivity index (χ0) is 26.9. The molecule has 1 aliphatic rings. The second-order valence-corrected chi connectivity index (χ2v) is 9.54. The van der Waals surface area contributed by atoms with Crippen molar-refractivity contribution in [3.63, 3.8) is 0 Å². The highest BCUT2D eigenvalue weighted by atomic mass is 32.1. The van der Waals surface area contributed by atoms with E-state index in [1.165, 1.54) is 12.0 Å². The van der Waals surface area contributed by atoms with Crippen LogP contribution in [0.2, 0.25) is 0 Å². The van der Waals surface area contributed by atoms with E-state index in [1.54, 1.807) is 43.3 Å². The third kappa shape index (κ3) is 4.77. The second-order valence-electron chi connectivity index (χ2n) is 8.56. The summed E-state index contributed by atoms with van der Waals surface area (Å²) in [6.07, 6.45) is 1.62. The Morgan fingerprint density at radius 2 is 1.86 bits per heavy atom. The van der Waals surface area contributed by atoms with Gasteiger partial charge in [0.2, 0.25) is 0 Å². The fourth-order valence-electron chi connectivity index (χ4n) is 4.15. The van der Waals surface area contributed by atoms with Crippen molar-refractivity contribution in [2.45, 2.75) is 26.8 Å². The second kappa shape index (κ2) is 10.4. The number of ether oxygens (including phenoxy) is 2. The summed E-state index contributed by atoms with van der Waals surface area (Å²) in [5.74, 6) is -1.99. The van der Waals surface area contributed by atoms with E-state index in [-0.39, 0.29) is 21.3 Å². The number of amides is 1. The standard InChI is InChI=1S/C28H26N2O6S/c1-6-13-36-19-11-9-18(10-12-19)22-21(23(31)20-14-15(2)7-8-16(20)3)24(32)26(33)30(22)28-29-17(4)25(37-28)27(34)35-5/h6-12,14,22,31H,1,13H2,2-5H3/b23-21+. The number of aliphatic hydroxyl groups is 1. The Labute approximate surface area is 218 Å². The molecular weight excluding hydrogens is 492 g/mol. The third-order valence-electron chi connectivity index (χ3n) is 6.02. The molecule has 37 heavy (non-hydrogen) atoms. The minimum atomic E-state index is -0.982. The van der Waals surface area contributed by atoms with Gasteiger partial charge < -0.3 is 14.6 Å². The minimum absolute atomic E-state index is 0.0640. The molecule has 1 aromatic heterocycles. The van der Waals surface area contributed by atoms with Crippen LogP contribution in [-0.2, 0) is 14.3 Å². The number of anilines is 1. The van der Waals surface area contributed by atoms with Crippen LogP contribution in [0.5, 0.6) is 5.75 Å². The van der Waals surface area contributed by atoms with Gasteiger partial charge in [0, 0.05) is 5.56 Å². The van der Waals surface area contributed by atoms with Gasteiger partial charge in [-0.3, -0.25) is 14.5 Å². The van der Waals surface area contributed by atoms with Gasteiger partial charge in [-0.05, 0) is 50.1 Å². The maximum absolute atomic E-state index is 13.4. The molecule has 2 heterocycles. The van der Waals surface area contributed by atoms with Crippen LogP contribution in [-0.4, -0.2) is 41.5 Å². The number of hydrogen-bond donors (Lipinski definition) is 1.